The second-order valence-electron chi connectivity index (χ2n) is 7.88. The summed E-state index contributed by atoms with van der Waals surface area (Å²) in [6, 6.07) is 6.00. The smallest absolute Gasteiger partial charge is 0.356 e. The predicted molar refractivity (Wildman–Crippen MR) is 112 cm³/mol. The monoisotopic (exact) mass is 413 g/mol. The zero-order valence-electron chi connectivity index (χ0n) is 17.9. The van der Waals surface area contributed by atoms with Crippen LogP contribution in [-0.4, -0.2) is 75.2 Å². The van der Waals surface area contributed by atoms with Crippen LogP contribution < -0.4 is 10.6 Å². The average Bonchev–Trinajstić information content (AvgIpc) is 2.70. The quantitative estimate of drug-likeness (QED) is 0.533. The van der Waals surface area contributed by atoms with Crippen LogP contribution in [0.5, 0.6) is 0 Å². The molecule has 2 N–H and O–H groups in total. The lowest BCUT2D eigenvalue weighted by atomic mass is 9.96. The Hall–Kier alpha value is -1.80. The topological polar surface area (TPSA) is 42.9 Å². The highest BCUT2D eigenvalue weighted by Gasteiger charge is 2.30. The van der Waals surface area contributed by atoms with Crippen molar-refractivity contribution in [1.82, 2.24) is 20.4 Å². The van der Waals surface area contributed by atoms with Crippen molar-refractivity contribution in [3.63, 3.8) is 0 Å². The third kappa shape index (κ3) is 7.51. The predicted octanol–water partition coefficient (Wildman–Crippen LogP) is 3.00. The summed E-state index contributed by atoms with van der Waals surface area (Å²) < 4.78 is 38.7. The highest BCUT2D eigenvalue weighted by molar-refractivity contribution is 5.79. The molecule has 1 aromatic rings. The van der Waals surface area contributed by atoms with E-state index in [0.29, 0.717) is 18.2 Å². The molecule has 0 radical (unpaired) electrons. The number of halogens is 3. The minimum absolute atomic E-state index is 0.0205. The lowest BCUT2D eigenvalue weighted by molar-refractivity contribution is -0.137. The first-order valence-electron chi connectivity index (χ1n) is 10.2. The number of guanidine groups is 1. The number of alkyl halides is 3. The van der Waals surface area contributed by atoms with E-state index >= 15 is 0 Å². The van der Waals surface area contributed by atoms with Crippen LogP contribution in [0, 0.1) is 0 Å². The molecule has 1 heterocycles. The molecule has 1 aliphatic heterocycles. The van der Waals surface area contributed by atoms with Crippen molar-refractivity contribution in [2.24, 2.45) is 4.99 Å². The molecule has 1 aliphatic rings. The number of hydrogen-bond donors (Lipinski definition) is 2. The van der Waals surface area contributed by atoms with Crippen LogP contribution >= 0.6 is 0 Å². The van der Waals surface area contributed by atoms with Gasteiger partial charge in [0.2, 0.25) is 0 Å². The maximum Gasteiger partial charge on any atom is 0.416 e. The van der Waals surface area contributed by atoms with Gasteiger partial charge in [-0.3, -0.25) is 9.89 Å². The molecular formula is C21H34F3N5. The molecule has 2 unspecified atom stereocenters. The maximum atomic E-state index is 12.9. The van der Waals surface area contributed by atoms with Crippen molar-refractivity contribution < 1.29 is 13.2 Å². The molecule has 0 aromatic heterocycles. The molecule has 0 spiro atoms. The van der Waals surface area contributed by atoms with Gasteiger partial charge in [0, 0.05) is 52.4 Å². The Labute approximate surface area is 172 Å². The molecule has 5 nitrogen and oxygen atoms in total. The molecule has 1 aromatic carbocycles. The molecule has 29 heavy (non-hydrogen) atoms. The first kappa shape index (κ1) is 23.5. The normalized spacial score (nSPS) is 19.1. The zero-order valence-corrected chi connectivity index (χ0v) is 17.9. The molecule has 1 fully saturated rings. The Kier molecular flexibility index (Phi) is 8.77. The molecule has 1 saturated heterocycles. The number of nitrogens with one attached hydrogen (secondary N) is 2. The van der Waals surface area contributed by atoms with Gasteiger partial charge in [-0.05, 0) is 37.9 Å². The number of likely N-dealkylation sites (N-methyl/N-ethyl adjacent to an activating group) is 1. The summed E-state index contributed by atoms with van der Waals surface area (Å²) in [6.45, 7) is 9.91. The van der Waals surface area contributed by atoms with Crippen LogP contribution in [0.2, 0.25) is 0 Å². The van der Waals surface area contributed by atoms with Gasteiger partial charge in [-0.2, -0.15) is 13.2 Å². The number of aliphatic imine (C=N–C) groups is 1. The number of piperazine rings is 1. The van der Waals surface area contributed by atoms with Gasteiger partial charge >= 0.3 is 6.18 Å². The average molecular weight is 414 g/mol. The third-order valence-electron chi connectivity index (χ3n) is 5.60. The lowest BCUT2D eigenvalue weighted by Gasteiger charge is -2.36. The van der Waals surface area contributed by atoms with Crippen molar-refractivity contribution in [3.8, 4) is 0 Å². The van der Waals surface area contributed by atoms with Gasteiger partial charge in [-0.1, -0.05) is 25.1 Å². The lowest BCUT2D eigenvalue weighted by Crippen LogP contribution is -2.52. The van der Waals surface area contributed by atoms with Gasteiger partial charge < -0.3 is 15.5 Å². The SMILES string of the molecule is CN=C(NCCC(C)c1cccc(C(F)(F)F)c1)NCC(C)N1CCN(C)CC1. The van der Waals surface area contributed by atoms with Crippen LogP contribution in [0.4, 0.5) is 13.2 Å². The van der Waals surface area contributed by atoms with Gasteiger partial charge in [0.15, 0.2) is 5.96 Å². The molecule has 164 valence electrons. The number of hydrogen-bond acceptors (Lipinski definition) is 3. The third-order valence-corrected chi connectivity index (χ3v) is 5.60. The Bertz CT molecular complexity index is 654. The fraction of sp³-hybridized carbons (Fsp3) is 0.667. The van der Waals surface area contributed by atoms with E-state index in [1.165, 1.54) is 12.1 Å². The van der Waals surface area contributed by atoms with Crippen LogP contribution in [0.1, 0.15) is 37.3 Å². The van der Waals surface area contributed by atoms with E-state index in [0.717, 1.165) is 51.2 Å². The van der Waals surface area contributed by atoms with Crippen LogP contribution in [-0.2, 0) is 6.18 Å². The van der Waals surface area contributed by atoms with Crippen molar-refractivity contribution in [1.29, 1.82) is 0 Å². The molecule has 8 heteroatoms. The van der Waals surface area contributed by atoms with Gasteiger partial charge in [-0.25, -0.2) is 0 Å². The summed E-state index contributed by atoms with van der Waals surface area (Å²) in [5.41, 5.74) is 0.110. The first-order valence-corrected chi connectivity index (χ1v) is 10.2. The van der Waals surface area contributed by atoms with Gasteiger partial charge in [-0.15, -0.1) is 0 Å². The van der Waals surface area contributed by atoms with Crippen molar-refractivity contribution >= 4 is 5.96 Å². The highest BCUT2D eigenvalue weighted by Crippen LogP contribution is 2.31. The number of nitrogens with zero attached hydrogens (tertiary/aromatic N) is 3. The second-order valence-corrected chi connectivity index (χ2v) is 7.88. The molecule has 0 amide bonds. The summed E-state index contributed by atoms with van der Waals surface area (Å²) in [5.74, 6) is 0.745. The summed E-state index contributed by atoms with van der Waals surface area (Å²) in [4.78, 5) is 9.06. The summed E-state index contributed by atoms with van der Waals surface area (Å²) in [7, 11) is 3.87. The van der Waals surface area contributed by atoms with E-state index in [-0.39, 0.29) is 5.92 Å². The van der Waals surface area contributed by atoms with Crippen LogP contribution in [0.3, 0.4) is 0 Å². The Morgan fingerprint density at radius 3 is 2.45 bits per heavy atom. The van der Waals surface area contributed by atoms with E-state index in [1.807, 2.05) is 6.92 Å². The van der Waals surface area contributed by atoms with Crippen molar-refractivity contribution in [3.05, 3.63) is 35.4 Å². The molecule has 2 rings (SSSR count). The molecular weight excluding hydrogens is 379 g/mol. The summed E-state index contributed by atoms with van der Waals surface area (Å²) in [6.07, 6.45) is -3.59. The minimum Gasteiger partial charge on any atom is -0.356 e. The second kappa shape index (κ2) is 10.8. The Morgan fingerprint density at radius 1 is 1.14 bits per heavy atom. The number of benzene rings is 1. The first-order chi connectivity index (χ1) is 13.7. The van der Waals surface area contributed by atoms with Crippen LogP contribution in [0.25, 0.3) is 0 Å². The van der Waals surface area contributed by atoms with Crippen LogP contribution in [0.15, 0.2) is 29.3 Å². The molecule has 0 aliphatic carbocycles. The standard InChI is InChI=1S/C21H34F3N5/c1-16(18-6-5-7-19(14-18)21(22,23)24)8-9-26-20(25-3)27-15-17(2)29-12-10-28(4)11-13-29/h5-7,14,16-17H,8-13,15H2,1-4H3,(H2,25,26,27). The van der Waals surface area contributed by atoms with E-state index in [9.17, 15) is 13.2 Å². The molecule has 0 bridgehead atoms. The van der Waals surface area contributed by atoms with E-state index < -0.39 is 11.7 Å². The fourth-order valence-corrected chi connectivity index (χ4v) is 3.45. The van der Waals surface area contributed by atoms with E-state index in [2.05, 4.69) is 39.4 Å². The Balaban J connectivity index is 1.75. The van der Waals surface area contributed by atoms with Gasteiger partial charge in [0.05, 0.1) is 5.56 Å². The number of rotatable bonds is 7. The summed E-state index contributed by atoms with van der Waals surface area (Å²) in [5, 5.41) is 6.63. The fourth-order valence-electron chi connectivity index (χ4n) is 3.45. The van der Waals surface area contributed by atoms with Crippen molar-refractivity contribution in [2.45, 2.75) is 38.4 Å². The Morgan fingerprint density at radius 2 is 1.83 bits per heavy atom. The maximum absolute atomic E-state index is 12.9. The largest absolute Gasteiger partial charge is 0.416 e. The van der Waals surface area contributed by atoms with Crippen molar-refractivity contribution in [2.75, 3.05) is 53.4 Å². The molecule has 2 atom stereocenters. The summed E-state index contributed by atoms with van der Waals surface area (Å²) >= 11 is 0. The van der Waals surface area contributed by atoms with E-state index in [4.69, 9.17) is 0 Å². The van der Waals surface area contributed by atoms with Gasteiger partial charge in [0.25, 0.3) is 0 Å². The minimum atomic E-state index is -4.31. The van der Waals surface area contributed by atoms with E-state index in [1.54, 1.807) is 13.1 Å². The molecule has 0 saturated carbocycles. The van der Waals surface area contributed by atoms with Gasteiger partial charge in [0.1, 0.15) is 0 Å². The zero-order chi connectivity index (χ0) is 21.4. The highest BCUT2D eigenvalue weighted by atomic mass is 19.4.